The van der Waals surface area contributed by atoms with Crippen LogP contribution in [0.25, 0.3) is 0 Å². The normalized spacial score (nSPS) is 10.6. The number of carbonyl (C=O) groups excluding carboxylic acids is 2. The molecule has 0 unspecified atom stereocenters. The second-order valence-corrected chi connectivity index (χ2v) is 3.16. The van der Waals surface area contributed by atoms with Crippen LogP contribution in [0.4, 0.5) is 0 Å². The van der Waals surface area contributed by atoms with Gasteiger partial charge in [-0.15, -0.1) is 0 Å². The number of aliphatic carboxylic acids is 1. The number of hydrogen-bond donors (Lipinski definition) is 3. The molecule has 0 aromatic carbocycles. The number of rotatable bonds is 6. The first-order valence-corrected chi connectivity index (χ1v) is 5.13. The predicted molar refractivity (Wildman–Crippen MR) is 61.7 cm³/mol. The summed E-state index contributed by atoms with van der Waals surface area (Å²) < 4.78 is 0. The number of hydrazine groups is 1. The molecule has 17 heavy (non-hydrogen) atoms. The van der Waals surface area contributed by atoms with Crippen molar-refractivity contribution in [2.24, 2.45) is 0 Å². The average Bonchev–Trinajstić information content (AvgIpc) is 2.25. The Morgan fingerprint density at radius 3 is 2.35 bits per heavy atom. The van der Waals surface area contributed by atoms with Gasteiger partial charge in [-0.1, -0.05) is 24.3 Å². The molecule has 94 valence electrons. The summed E-state index contributed by atoms with van der Waals surface area (Å²) in [6.45, 7) is 1.88. The number of hydrogen-bond acceptors (Lipinski definition) is 3. The SMILES string of the molecule is C/C=C/C=C/CCC(=O)NNC(=O)CC(=O)O. The van der Waals surface area contributed by atoms with E-state index < -0.39 is 18.3 Å². The van der Waals surface area contributed by atoms with Crippen LogP contribution in [-0.4, -0.2) is 22.9 Å². The van der Waals surface area contributed by atoms with Crippen LogP contribution in [-0.2, 0) is 14.4 Å². The molecule has 0 bridgehead atoms. The first-order chi connectivity index (χ1) is 8.06. The van der Waals surface area contributed by atoms with Crippen molar-refractivity contribution >= 4 is 17.8 Å². The van der Waals surface area contributed by atoms with E-state index in [0.29, 0.717) is 6.42 Å². The Bertz CT molecular complexity index is 334. The number of carbonyl (C=O) groups is 3. The Morgan fingerprint density at radius 2 is 1.76 bits per heavy atom. The zero-order chi connectivity index (χ0) is 13.1. The third kappa shape index (κ3) is 10.2. The summed E-state index contributed by atoms with van der Waals surface area (Å²) in [6.07, 6.45) is 7.44. The van der Waals surface area contributed by atoms with Crippen molar-refractivity contribution in [2.45, 2.75) is 26.2 Å². The molecule has 0 fully saturated rings. The fourth-order valence-electron chi connectivity index (χ4n) is 0.884. The van der Waals surface area contributed by atoms with E-state index in [0.717, 1.165) is 0 Å². The smallest absolute Gasteiger partial charge is 0.312 e. The molecule has 0 heterocycles. The largest absolute Gasteiger partial charge is 0.481 e. The molecule has 6 heteroatoms. The molecule has 0 saturated carbocycles. The number of allylic oxidation sites excluding steroid dienone is 4. The summed E-state index contributed by atoms with van der Waals surface area (Å²) >= 11 is 0. The molecule has 6 nitrogen and oxygen atoms in total. The van der Waals surface area contributed by atoms with Crippen molar-refractivity contribution in [3.63, 3.8) is 0 Å². The first kappa shape index (κ1) is 14.9. The second-order valence-electron chi connectivity index (χ2n) is 3.16. The van der Waals surface area contributed by atoms with E-state index >= 15 is 0 Å². The van der Waals surface area contributed by atoms with Crippen molar-refractivity contribution in [1.29, 1.82) is 0 Å². The van der Waals surface area contributed by atoms with Gasteiger partial charge in [-0.25, -0.2) is 0 Å². The van der Waals surface area contributed by atoms with Crippen molar-refractivity contribution in [3.05, 3.63) is 24.3 Å². The fourth-order valence-corrected chi connectivity index (χ4v) is 0.884. The molecule has 0 atom stereocenters. The highest BCUT2D eigenvalue weighted by Crippen LogP contribution is 1.91. The lowest BCUT2D eigenvalue weighted by Gasteiger charge is -2.04. The molecule has 0 aliphatic carbocycles. The van der Waals surface area contributed by atoms with E-state index in [1.54, 1.807) is 0 Å². The van der Waals surface area contributed by atoms with Crippen LogP contribution < -0.4 is 10.9 Å². The van der Waals surface area contributed by atoms with Crippen LogP contribution in [0.1, 0.15) is 26.2 Å². The van der Waals surface area contributed by atoms with Gasteiger partial charge in [0.05, 0.1) is 0 Å². The molecule has 0 aromatic heterocycles. The number of carboxylic acids is 1. The maximum Gasteiger partial charge on any atom is 0.312 e. The van der Waals surface area contributed by atoms with Gasteiger partial charge in [-0.3, -0.25) is 25.2 Å². The van der Waals surface area contributed by atoms with Crippen LogP contribution in [0.2, 0.25) is 0 Å². The van der Waals surface area contributed by atoms with Crippen LogP contribution in [0.3, 0.4) is 0 Å². The maximum absolute atomic E-state index is 11.1. The highest BCUT2D eigenvalue weighted by molar-refractivity contribution is 5.94. The lowest BCUT2D eigenvalue weighted by Crippen LogP contribution is -2.42. The molecule has 0 aromatic rings. The minimum absolute atomic E-state index is 0.224. The minimum atomic E-state index is -1.24. The molecule has 2 amide bonds. The lowest BCUT2D eigenvalue weighted by molar-refractivity contribution is -0.141. The fraction of sp³-hybridized carbons (Fsp3) is 0.364. The molecule has 0 aliphatic rings. The molecule has 0 aliphatic heterocycles. The van der Waals surface area contributed by atoms with E-state index in [-0.39, 0.29) is 12.3 Å². The van der Waals surface area contributed by atoms with E-state index in [4.69, 9.17) is 5.11 Å². The van der Waals surface area contributed by atoms with Crippen molar-refractivity contribution < 1.29 is 19.5 Å². The van der Waals surface area contributed by atoms with Gasteiger partial charge in [0.1, 0.15) is 6.42 Å². The Hall–Kier alpha value is -2.11. The first-order valence-electron chi connectivity index (χ1n) is 5.13. The van der Waals surface area contributed by atoms with E-state index in [1.807, 2.05) is 36.7 Å². The number of carboxylic acid groups (broad SMARTS) is 1. The van der Waals surface area contributed by atoms with Gasteiger partial charge in [0.25, 0.3) is 0 Å². The summed E-state index contributed by atoms with van der Waals surface area (Å²) in [5, 5.41) is 8.28. The summed E-state index contributed by atoms with van der Waals surface area (Å²) in [7, 11) is 0. The monoisotopic (exact) mass is 240 g/mol. The van der Waals surface area contributed by atoms with Crippen molar-refractivity contribution in [1.82, 2.24) is 10.9 Å². The van der Waals surface area contributed by atoms with E-state index in [1.165, 1.54) is 0 Å². The second kappa shape index (κ2) is 9.14. The molecule has 3 N–H and O–H groups in total. The highest BCUT2D eigenvalue weighted by Gasteiger charge is 2.07. The van der Waals surface area contributed by atoms with Gasteiger partial charge in [0.2, 0.25) is 11.8 Å². The molecular formula is C11H16N2O4. The summed E-state index contributed by atoms with van der Waals surface area (Å²) in [4.78, 5) is 32.1. The third-order valence-corrected chi connectivity index (χ3v) is 1.63. The van der Waals surface area contributed by atoms with Gasteiger partial charge in [0.15, 0.2) is 0 Å². The average molecular weight is 240 g/mol. The maximum atomic E-state index is 11.1. The topological polar surface area (TPSA) is 95.5 Å². The number of amides is 2. The Balaban J connectivity index is 3.66. The van der Waals surface area contributed by atoms with Gasteiger partial charge in [0, 0.05) is 6.42 Å². The molecule has 0 radical (unpaired) electrons. The molecular weight excluding hydrogens is 224 g/mol. The van der Waals surface area contributed by atoms with Gasteiger partial charge in [-0.05, 0) is 13.3 Å². The standard InChI is InChI=1S/C11H16N2O4/c1-2-3-4-5-6-7-9(14)12-13-10(15)8-11(16)17/h2-5H,6-8H2,1H3,(H,12,14)(H,13,15)(H,16,17)/b3-2+,5-4+. The number of nitrogens with one attached hydrogen (secondary N) is 2. The third-order valence-electron chi connectivity index (χ3n) is 1.63. The quantitative estimate of drug-likeness (QED) is 0.358. The molecule has 0 saturated heterocycles. The van der Waals surface area contributed by atoms with E-state index in [2.05, 4.69) is 5.43 Å². The Kier molecular flexibility index (Phi) is 8.01. The van der Waals surface area contributed by atoms with Gasteiger partial charge >= 0.3 is 5.97 Å². The summed E-state index contributed by atoms with van der Waals surface area (Å²) in [6, 6.07) is 0. The van der Waals surface area contributed by atoms with Crippen LogP contribution >= 0.6 is 0 Å². The van der Waals surface area contributed by atoms with Crippen LogP contribution in [0, 0.1) is 0 Å². The van der Waals surface area contributed by atoms with Crippen molar-refractivity contribution in [2.75, 3.05) is 0 Å². The molecule has 0 spiro atoms. The Labute approximate surface area is 99.4 Å². The summed E-state index contributed by atoms with van der Waals surface area (Å²) in [5.41, 5.74) is 4.13. The highest BCUT2D eigenvalue weighted by atomic mass is 16.4. The van der Waals surface area contributed by atoms with Crippen LogP contribution in [0.5, 0.6) is 0 Å². The lowest BCUT2D eigenvalue weighted by atomic mass is 10.3. The zero-order valence-corrected chi connectivity index (χ0v) is 9.60. The van der Waals surface area contributed by atoms with E-state index in [9.17, 15) is 14.4 Å². The van der Waals surface area contributed by atoms with Crippen molar-refractivity contribution in [3.8, 4) is 0 Å². The van der Waals surface area contributed by atoms with Gasteiger partial charge in [-0.2, -0.15) is 0 Å². The Morgan fingerprint density at radius 1 is 1.12 bits per heavy atom. The minimum Gasteiger partial charge on any atom is -0.481 e. The van der Waals surface area contributed by atoms with Gasteiger partial charge < -0.3 is 5.11 Å². The predicted octanol–water partition coefficient (Wildman–Crippen LogP) is 0.521. The van der Waals surface area contributed by atoms with Crippen LogP contribution in [0.15, 0.2) is 24.3 Å². The zero-order valence-electron chi connectivity index (χ0n) is 9.60. The summed E-state index contributed by atoms with van der Waals surface area (Å²) in [5.74, 6) is -2.37. The molecule has 0 rings (SSSR count).